The maximum absolute atomic E-state index is 11.7. The van der Waals surface area contributed by atoms with E-state index in [0.29, 0.717) is 6.61 Å². The highest BCUT2D eigenvalue weighted by atomic mass is 16.5. The Morgan fingerprint density at radius 2 is 1.93 bits per heavy atom. The molecule has 0 aromatic rings. The van der Waals surface area contributed by atoms with Crippen molar-refractivity contribution in [2.24, 2.45) is 0 Å². The van der Waals surface area contributed by atoms with Crippen LogP contribution in [-0.2, 0) is 9.53 Å². The van der Waals surface area contributed by atoms with E-state index < -0.39 is 5.54 Å². The van der Waals surface area contributed by atoms with Crippen LogP contribution in [0.5, 0.6) is 0 Å². The Bertz CT molecular complexity index is 171. The fourth-order valence-corrected chi connectivity index (χ4v) is 1.45. The van der Waals surface area contributed by atoms with Crippen LogP contribution in [-0.4, -0.2) is 24.7 Å². The molecule has 0 aliphatic rings. The number of nitrogens with one attached hydrogen (secondary N) is 1. The summed E-state index contributed by atoms with van der Waals surface area (Å²) < 4.78 is 5.06. The Morgan fingerprint density at radius 1 is 1.29 bits per heavy atom. The number of ether oxygens (including phenoxy) is 1. The minimum Gasteiger partial charge on any atom is -0.465 e. The van der Waals surface area contributed by atoms with Gasteiger partial charge in [-0.05, 0) is 33.2 Å². The Balaban J connectivity index is 4.28. The SMILES string of the molecule is CCCNC(C)(CCC)C(=O)OCC. The van der Waals surface area contributed by atoms with Crippen LogP contribution in [0.1, 0.15) is 47.0 Å². The van der Waals surface area contributed by atoms with Crippen molar-refractivity contribution in [1.29, 1.82) is 0 Å². The van der Waals surface area contributed by atoms with Crippen molar-refractivity contribution in [2.75, 3.05) is 13.2 Å². The maximum atomic E-state index is 11.7. The Kier molecular flexibility index (Phi) is 6.54. The first-order valence-corrected chi connectivity index (χ1v) is 5.53. The standard InChI is InChI=1S/C11H23NO2/c1-5-8-11(4,12-9-6-2)10(13)14-7-3/h12H,5-9H2,1-4H3. The molecule has 0 saturated heterocycles. The molecular weight excluding hydrogens is 178 g/mol. The number of carbonyl (C=O) groups is 1. The third-order valence-electron chi connectivity index (χ3n) is 2.24. The quantitative estimate of drug-likeness (QED) is 0.641. The second-order valence-electron chi connectivity index (χ2n) is 3.73. The number of hydrogen-bond acceptors (Lipinski definition) is 3. The monoisotopic (exact) mass is 201 g/mol. The summed E-state index contributed by atoms with van der Waals surface area (Å²) in [4.78, 5) is 11.7. The Morgan fingerprint density at radius 3 is 2.36 bits per heavy atom. The molecule has 0 aromatic heterocycles. The van der Waals surface area contributed by atoms with Crippen molar-refractivity contribution < 1.29 is 9.53 Å². The molecule has 3 nitrogen and oxygen atoms in total. The van der Waals surface area contributed by atoms with Crippen molar-refractivity contribution in [1.82, 2.24) is 5.32 Å². The summed E-state index contributed by atoms with van der Waals surface area (Å²) in [5.74, 6) is -0.129. The summed E-state index contributed by atoms with van der Waals surface area (Å²) in [5, 5.41) is 3.26. The van der Waals surface area contributed by atoms with Crippen LogP contribution in [0, 0.1) is 0 Å². The lowest BCUT2D eigenvalue weighted by atomic mass is 9.96. The van der Waals surface area contributed by atoms with Crippen LogP contribution < -0.4 is 5.32 Å². The van der Waals surface area contributed by atoms with Crippen molar-refractivity contribution >= 4 is 5.97 Å². The normalized spacial score (nSPS) is 14.9. The summed E-state index contributed by atoms with van der Waals surface area (Å²) in [7, 11) is 0. The smallest absolute Gasteiger partial charge is 0.326 e. The predicted octanol–water partition coefficient (Wildman–Crippen LogP) is 2.11. The molecule has 1 N–H and O–H groups in total. The van der Waals surface area contributed by atoms with Gasteiger partial charge in [0.2, 0.25) is 0 Å². The lowest BCUT2D eigenvalue weighted by molar-refractivity contribution is -0.150. The van der Waals surface area contributed by atoms with Gasteiger partial charge in [-0.25, -0.2) is 0 Å². The lowest BCUT2D eigenvalue weighted by Crippen LogP contribution is -2.50. The van der Waals surface area contributed by atoms with E-state index in [2.05, 4.69) is 19.2 Å². The summed E-state index contributed by atoms with van der Waals surface area (Å²) in [6, 6.07) is 0. The van der Waals surface area contributed by atoms with E-state index >= 15 is 0 Å². The van der Waals surface area contributed by atoms with Crippen LogP contribution in [0.25, 0.3) is 0 Å². The van der Waals surface area contributed by atoms with Crippen molar-refractivity contribution in [2.45, 2.75) is 52.5 Å². The highest BCUT2D eigenvalue weighted by molar-refractivity contribution is 5.80. The first-order valence-electron chi connectivity index (χ1n) is 5.53. The second kappa shape index (κ2) is 6.82. The van der Waals surface area contributed by atoms with Gasteiger partial charge in [-0.1, -0.05) is 20.3 Å². The third-order valence-corrected chi connectivity index (χ3v) is 2.24. The van der Waals surface area contributed by atoms with E-state index in [1.165, 1.54) is 0 Å². The molecule has 0 radical (unpaired) electrons. The Hall–Kier alpha value is -0.570. The average Bonchev–Trinajstić information content (AvgIpc) is 2.15. The topological polar surface area (TPSA) is 38.3 Å². The van der Waals surface area contributed by atoms with Gasteiger partial charge >= 0.3 is 5.97 Å². The van der Waals surface area contributed by atoms with Gasteiger partial charge in [0, 0.05) is 0 Å². The molecule has 0 spiro atoms. The molecule has 84 valence electrons. The van der Waals surface area contributed by atoms with Gasteiger partial charge in [0.1, 0.15) is 5.54 Å². The average molecular weight is 201 g/mol. The molecule has 3 heteroatoms. The zero-order valence-electron chi connectivity index (χ0n) is 9.85. The van der Waals surface area contributed by atoms with E-state index in [-0.39, 0.29) is 5.97 Å². The van der Waals surface area contributed by atoms with E-state index in [1.807, 2.05) is 13.8 Å². The highest BCUT2D eigenvalue weighted by Gasteiger charge is 2.32. The zero-order valence-corrected chi connectivity index (χ0v) is 9.85. The molecule has 0 bridgehead atoms. The van der Waals surface area contributed by atoms with Gasteiger partial charge in [0.05, 0.1) is 6.61 Å². The highest BCUT2D eigenvalue weighted by Crippen LogP contribution is 2.14. The van der Waals surface area contributed by atoms with Gasteiger partial charge in [-0.15, -0.1) is 0 Å². The number of carbonyl (C=O) groups excluding carboxylic acids is 1. The third kappa shape index (κ3) is 4.09. The van der Waals surface area contributed by atoms with E-state index in [9.17, 15) is 4.79 Å². The largest absolute Gasteiger partial charge is 0.465 e. The van der Waals surface area contributed by atoms with E-state index in [0.717, 1.165) is 25.8 Å². The summed E-state index contributed by atoms with van der Waals surface area (Å²) >= 11 is 0. The Labute approximate surface area is 87.2 Å². The molecule has 1 unspecified atom stereocenters. The first-order chi connectivity index (χ1) is 6.60. The van der Waals surface area contributed by atoms with Crippen LogP contribution in [0.15, 0.2) is 0 Å². The molecule has 0 heterocycles. The molecule has 0 aliphatic carbocycles. The van der Waals surface area contributed by atoms with Crippen LogP contribution in [0.4, 0.5) is 0 Å². The van der Waals surface area contributed by atoms with E-state index in [1.54, 1.807) is 0 Å². The fourth-order valence-electron chi connectivity index (χ4n) is 1.45. The fraction of sp³-hybridized carbons (Fsp3) is 0.909. The molecule has 0 rings (SSSR count). The number of hydrogen-bond donors (Lipinski definition) is 1. The molecule has 14 heavy (non-hydrogen) atoms. The summed E-state index contributed by atoms with van der Waals surface area (Å²) in [5.41, 5.74) is -0.499. The van der Waals surface area contributed by atoms with Gasteiger partial charge in [0.15, 0.2) is 0 Å². The number of esters is 1. The van der Waals surface area contributed by atoms with Crippen molar-refractivity contribution in [3.63, 3.8) is 0 Å². The van der Waals surface area contributed by atoms with Crippen molar-refractivity contribution in [3.05, 3.63) is 0 Å². The minimum atomic E-state index is -0.499. The molecule has 0 saturated carbocycles. The van der Waals surface area contributed by atoms with Gasteiger partial charge in [0.25, 0.3) is 0 Å². The van der Waals surface area contributed by atoms with Gasteiger partial charge < -0.3 is 10.1 Å². The lowest BCUT2D eigenvalue weighted by Gasteiger charge is -2.28. The number of rotatable bonds is 7. The second-order valence-corrected chi connectivity index (χ2v) is 3.73. The zero-order chi connectivity index (χ0) is 11.0. The van der Waals surface area contributed by atoms with E-state index in [4.69, 9.17) is 4.74 Å². The maximum Gasteiger partial charge on any atom is 0.326 e. The first kappa shape index (κ1) is 13.4. The van der Waals surface area contributed by atoms with Crippen molar-refractivity contribution in [3.8, 4) is 0 Å². The molecule has 1 atom stereocenters. The summed E-state index contributed by atoms with van der Waals surface area (Å²) in [6.45, 7) is 9.23. The minimum absolute atomic E-state index is 0.129. The predicted molar refractivity (Wildman–Crippen MR) is 58.2 cm³/mol. The van der Waals surface area contributed by atoms with Crippen LogP contribution in [0.2, 0.25) is 0 Å². The molecule has 0 amide bonds. The van der Waals surface area contributed by atoms with Gasteiger partial charge in [-0.3, -0.25) is 4.79 Å². The van der Waals surface area contributed by atoms with Crippen LogP contribution >= 0.6 is 0 Å². The van der Waals surface area contributed by atoms with Gasteiger partial charge in [-0.2, -0.15) is 0 Å². The molecule has 0 aliphatic heterocycles. The molecule has 0 aromatic carbocycles. The summed E-state index contributed by atoms with van der Waals surface area (Å²) in [6.07, 6.45) is 2.83. The molecule has 0 fully saturated rings. The van der Waals surface area contributed by atoms with Crippen LogP contribution in [0.3, 0.4) is 0 Å². The molecular formula is C11H23NO2.